The summed E-state index contributed by atoms with van der Waals surface area (Å²) in [5.41, 5.74) is 0.177. The summed E-state index contributed by atoms with van der Waals surface area (Å²) in [5.74, 6) is -2.54. The lowest BCUT2D eigenvalue weighted by Crippen LogP contribution is -2.57. The molecular formula is C37H61N5O7S. The molecule has 2 fully saturated rings. The number of carboxylic acid groups (broad SMARTS) is 1. The molecule has 3 amide bonds. The number of ether oxygens (including phenoxy) is 1. The Kier molecular flexibility index (Phi) is 16.6. The molecule has 0 spiro atoms. The molecular weight excluding hydrogens is 659 g/mol. The van der Waals surface area contributed by atoms with Crippen molar-refractivity contribution in [1.29, 1.82) is 0 Å². The van der Waals surface area contributed by atoms with Gasteiger partial charge in [-0.1, -0.05) is 79.6 Å². The highest BCUT2D eigenvalue weighted by molar-refractivity contribution is 7.09. The van der Waals surface area contributed by atoms with Crippen LogP contribution >= 0.6 is 11.3 Å². The number of piperidine rings is 1. The average Bonchev–Trinajstić information content (AvgIpc) is 3.57. The number of hydrogen-bond acceptors (Lipinski definition) is 9. The van der Waals surface area contributed by atoms with Crippen LogP contribution in [-0.4, -0.2) is 82.4 Å². The average molecular weight is 720 g/mol. The van der Waals surface area contributed by atoms with E-state index in [9.17, 15) is 29.1 Å². The Morgan fingerprint density at radius 2 is 1.66 bits per heavy atom. The van der Waals surface area contributed by atoms with E-state index in [2.05, 4.69) is 20.9 Å². The maximum atomic E-state index is 13.8. The van der Waals surface area contributed by atoms with E-state index in [0.29, 0.717) is 23.8 Å². The number of esters is 1. The van der Waals surface area contributed by atoms with Crippen molar-refractivity contribution < 1.29 is 33.8 Å². The second-order valence-corrected chi connectivity index (χ2v) is 15.9. The van der Waals surface area contributed by atoms with E-state index >= 15 is 0 Å². The van der Waals surface area contributed by atoms with Gasteiger partial charge in [-0.25, -0.2) is 4.98 Å². The molecule has 7 atom stereocenters. The highest BCUT2D eigenvalue weighted by atomic mass is 32.1. The maximum Gasteiger partial charge on any atom is 0.306 e. The van der Waals surface area contributed by atoms with E-state index in [4.69, 9.17) is 4.74 Å². The zero-order valence-electron chi connectivity index (χ0n) is 31.2. The zero-order chi connectivity index (χ0) is 37.0. The number of rotatable bonds is 18. The van der Waals surface area contributed by atoms with E-state index in [-0.39, 0.29) is 47.8 Å². The number of aliphatic carboxylic acids is 1. The van der Waals surface area contributed by atoms with Gasteiger partial charge in [0.25, 0.3) is 5.91 Å². The van der Waals surface area contributed by atoms with Gasteiger partial charge >= 0.3 is 11.9 Å². The van der Waals surface area contributed by atoms with Crippen LogP contribution in [0.1, 0.15) is 140 Å². The monoisotopic (exact) mass is 719 g/mol. The second kappa shape index (κ2) is 20.1. The predicted octanol–water partition coefficient (Wildman–Crippen LogP) is 5.47. The lowest BCUT2D eigenvalue weighted by Gasteiger charge is -2.34. The lowest BCUT2D eigenvalue weighted by molar-refractivity contribution is -0.147. The Morgan fingerprint density at radius 1 is 0.980 bits per heavy atom. The van der Waals surface area contributed by atoms with Gasteiger partial charge in [-0.2, -0.15) is 0 Å². The molecule has 4 N–H and O–H groups in total. The molecule has 0 unspecified atom stereocenters. The van der Waals surface area contributed by atoms with Crippen LogP contribution in [0, 0.1) is 23.7 Å². The van der Waals surface area contributed by atoms with Crippen LogP contribution in [0.4, 0.5) is 0 Å². The van der Waals surface area contributed by atoms with Crippen LogP contribution in [0.25, 0.3) is 0 Å². The van der Waals surface area contributed by atoms with Gasteiger partial charge in [0.2, 0.25) is 11.8 Å². The molecule has 1 aromatic heterocycles. The topological polar surface area (TPSA) is 167 Å². The Labute approximate surface area is 302 Å². The van der Waals surface area contributed by atoms with Crippen LogP contribution in [0.15, 0.2) is 5.38 Å². The van der Waals surface area contributed by atoms with Gasteiger partial charge in [0.1, 0.15) is 16.7 Å². The Bertz CT molecular complexity index is 1280. The first kappa shape index (κ1) is 41.4. The Morgan fingerprint density at radius 3 is 2.26 bits per heavy atom. The third kappa shape index (κ3) is 12.6. The van der Waals surface area contributed by atoms with Crippen molar-refractivity contribution in [3.05, 3.63) is 16.1 Å². The SMILES string of the molecule is CC[C@H](C)[C@H](NC(=O)[C@H]1CCCCN1C)C(=O)N[C@H](C[C@@H](OC(C)=O)c1nc(C(=O)N[C@@H](CC2CCCCC2)C[C@H](C)C(=O)O)cs1)C(C)C. The van der Waals surface area contributed by atoms with Gasteiger partial charge in [-0.15, -0.1) is 11.3 Å². The molecule has 12 nitrogen and oxygen atoms in total. The molecule has 282 valence electrons. The molecule has 1 aromatic rings. The summed E-state index contributed by atoms with van der Waals surface area (Å²) in [5, 5.41) is 20.8. The van der Waals surface area contributed by atoms with Crippen LogP contribution in [0.2, 0.25) is 0 Å². The summed E-state index contributed by atoms with van der Waals surface area (Å²) < 4.78 is 5.72. The van der Waals surface area contributed by atoms with E-state index in [1.807, 2.05) is 39.6 Å². The first-order valence-corrected chi connectivity index (χ1v) is 19.5. The summed E-state index contributed by atoms with van der Waals surface area (Å²) in [7, 11) is 1.94. The molecule has 50 heavy (non-hydrogen) atoms. The number of carboxylic acids is 1. The largest absolute Gasteiger partial charge is 0.481 e. The third-order valence-electron chi connectivity index (χ3n) is 10.5. The van der Waals surface area contributed by atoms with Gasteiger partial charge in [-0.3, -0.25) is 28.9 Å². The van der Waals surface area contributed by atoms with Gasteiger partial charge in [0.05, 0.1) is 12.0 Å². The van der Waals surface area contributed by atoms with E-state index in [0.717, 1.165) is 57.9 Å². The molecule has 1 aliphatic heterocycles. The summed E-state index contributed by atoms with van der Waals surface area (Å²) >= 11 is 1.20. The van der Waals surface area contributed by atoms with Crippen molar-refractivity contribution in [3.63, 3.8) is 0 Å². The fourth-order valence-electron chi connectivity index (χ4n) is 7.12. The molecule has 1 saturated carbocycles. The highest BCUT2D eigenvalue weighted by Crippen LogP contribution is 2.31. The first-order chi connectivity index (χ1) is 23.7. The van der Waals surface area contributed by atoms with Crippen molar-refractivity contribution >= 4 is 41.0 Å². The number of likely N-dealkylation sites (tertiary alicyclic amines) is 1. The van der Waals surface area contributed by atoms with Gasteiger partial charge in [0, 0.05) is 30.8 Å². The number of carbonyl (C=O) groups is 5. The van der Waals surface area contributed by atoms with Gasteiger partial charge in [-0.05, 0) is 57.0 Å². The molecule has 1 saturated heterocycles. The Balaban J connectivity index is 1.74. The number of nitrogens with one attached hydrogen (secondary N) is 3. The number of nitrogens with zero attached hydrogens (tertiary/aromatic N) is 2. The van der Waals surface area contributed by atoms with Crippen LogP contribution in [0.5, 0.6) is 0 Å². The lowest BCUT2D eigenvalue weighted by atomic mass is 9.83. The fourth-order valence-corrected chi connectivity index (χ4v) is 7.96. The van der Waals surface area contributed by atoms with Crippen molar-refractivity contribution in [3.8, 4) is 0 Å². The second-order valence-electron chi connectivity index (χ2n) is 15.0. The first-order valence-electron chi connectivity index (χ1n) is 18.7. The molecule has 0 radical (unpaired) electrons. The zero-order valence-corrected chi connectivity index (χ0v) is 32.0. The van der Waals surface area contributed by atoms with Crippen molar-refractivity contribution in [1.82, 2.24) is 25.8 Å². The Hall–Kier alpha value is -3.06. The number of likely N-dealkylation sites (N-methyl/N-ethyl adjacent to an activating group) is 1. The number of thiazole rings is 1. The molecule has 2 heterocycles. The summed E-state index contributed by atoms with van der Waals surface area (Å²) in [4.78, 5) is 71.1. The minimum atomic E-state index is -0.894. The normalized spacial score (nSPS) is 20.9. The summed E-state index contributed by atoms with van der Waals surface area (Å²) in [6.45, 7) is 11.7. The molecule has 13 heteroatoms. The van der Waals surface area contributed by atoms with E-state index in [1.54, 1.807) is 12.3 Å². The van der Waals surface area contributed by atoms with Crippen LogP contribution in [-0.2, 0) is 23.9 Å². The molecule has 0 bridgehead atoms. The minimum Gasteiger partial charge on any atom is -0.481 e. The number of aromatic nitrogens is 1. The van der Waals surface area contributed by atoms with Crippen LogP contribution in [0.3, 0.4) is 0 Å². The number of hydrogen-bond donors (Lipinski definition) is 4. The fraction of sp³-hybridized carbons (Fsp3) is 0.784. The predicted molar refractivity (Wildman–Crippen MR) is 194 cm³/mol. The highest BCUT2D eigenvalue weighted by Gasteiger charge is 2.35. The quantitative estimate of drug-likeness (QED) is 0.144. The summed E-state index contributed by atoms with van der Waals surface area (Å²) in [6, 6.07) is -1.72. The maximum absolute atomic E-state index is 13.8. The van der Waals surface area contributed by atoms with Crippen molar-refractivity contribution in [2.24, 2.45) is 23.7 Å². The standard InChI is InChI=1S/C37H61N5O7S/c1-8-23(4)32(41-34(45)30-16-12-13-17-42(30)7)35(46)39-28(22(2)3)20-31(49-25(6)43)36-40-29(21-50-36)33(44)38-27(18-24(5)37(47)48)19-26-14-10-9-11-15-26/h21-24,26-28,30-32H,8-20H2,1-7H3,(H,38,44)(H,39,46)(H,41,45)(H,47,48)/t23-,24-,27+,28+,30+,31+,32-/m0/s1. The third-order valence-corrected chi connectivity index (χ3v) is 11.5. The molecule has 2 aliphatic rings. The number of carbonyl (C=O) groups excluding carboxylic acids is 4. The van der Waals surface area contributed by atoms with Gasteiger partial charge in [0.15, 0.2) is 6.10 Å². The van der Waals surface area contributed by atoms with Crippen LogP contribution < -0.4 is 16.0 Å². The molecule has 3 rings (SSSR count). The molecule has 1 aliphatic carbocycles. The minimum absolute atomic E-state index is 0.0470. The smallest absolute Gasteiger partial charge is 0.306 e. The van der Waals surface area contributed by atoms with E-state index < -0.39 is 42.0 Å². The van der Waals surface area contributed by atoms with Gasteiger partial charge < -0.3 is 25.8 Å². The van der Waals surface area contributed by atoms with E-state index in [1.165, 1.54) is 24.7 Å². The number of amides is 3. The van der Waals surface area contributed by atoms with Crippen molar-refractivity contribution in [2.45, 2.75) is 149 Å². The molecule has 0 aromatic carbocycles. The van der Waals surface area contributed by atoms with Crippen molar-refractivity contribution in [2.75, 3.05) is 13.6 Å². The summed E-state index contributed by atoms with van der Waals surface area (Å²) in [6.07, 6.45) is 9.60.